The van der Waals surface area contributed by atoms with Crippen LogP contribution in [-0.4, -0.2) is 45.4 Å². The molecule has 0 N–H and O–H groups in total. The van der Waals surface area contributed by atoms with Gasteiger partial charge in [0.05, 0.1) is 14.2 Å². The van der Waals surface area contributed by atoms with E-state index in [0.29, 0.717) is 6.61 Å². The molecule has 2 heterocycles. The summed E-state index contributed by atoms with van der Waals surface area (Å²) >= 11 is 0. The molecule has 1 fully saturated rings. The van der Waals surface area contributed by atoms with Crippen molar-refractivity contribution in [1.29, 1.82) is 0 Å². The van der Waals surface area contributed by atoms with E-state index in [0.717, 1.165) is 64.0 Å². The van der Waals surface area contributed by atoms with Crippen LogP contribution in [0.4, 0.5) is 0 Å². The van der Waals surface area contributed by atoms with Crippen molar-refractivity contribution in [3.8, 4) is 51.0 Å². The van der Waals surface area contributed by atoms with Crippen LogP contribution in [0.3, 0.4) is 0 Å². The number of furan rings is 1. The van der Waals surface area contributed by atoms with Gasteiger partial charge in [-0.3, -0.25) is 4.90 Å². The third kappa shape index (κ3) is 5.73. The molecule has 1 aliphatic rings. The highest BCUT2D eigenvalue weighted by Crippen LogP contribution is 2.44. The van der Waals surface area contributed by atoms with Crippen molar-refractivity contribution in [2.45, 2.75) is 32.6 Å². The van der Waals surface area contributed by atoms with E-state index in [4.69, 9.17) is 18.6 Å². The molecule has 1 aromatic heterocycles. The molecule has 0 saturated carbocycles. The smallest absolute Gasteiger partial charge is 0.142 e. The van der Waals surface area contributed by atoms with E-state index >= 15 is 0 Å². The van der Waals surface area contributed by atoms with Gasteiger partial charge in [0.2, 0.25) is 0 Å². The first-order valence-corrected chi connectivity index (χ1v) is 13.6. The average molecular weight is 512 g/mol. The van der Waals surface area contributed by atoms with Crippen LogP contribution >= 0.6 is 0 Å². The highest BCUT2D eigenvalue weighted by Gasteiger charge is 2.23. The summed E-state index contributed by atoms with van der Waals surface area (Å²) in [5.74, 6) is 4.28. The van der Waals surface area contributed by atoms with E-state index < -0.39 is 0 Å². The maximum absolute atomic E-state index is 6.65. The molecule has 0 radical (unpaired) electrons. The van der Waals surface area contributed by atoms with E-state index in [1.54, 1.807) is 14.2 Å². The highest BCUT2D eigenvalue weighted by atomic mass is 16.5. The van der Waals surface area contributed by atoms with Gasteiger partial charge in [-0.05, 0) is 98.6 Å². The fourth-order valence-electron chi connectivity index (χ4n) is 5.22. The molecule has 0 aliphatic carbocycles. The third-order valence-electron chi connectivity index (χ3n) is 7.33. The van der Waals surface area contributed by atoms with Gasteiger partial charge in [-0.15, -0.1) is 0 Å². The van der Waals surface area contributed by atoms with Crippen LogP contribution < -0.4 is 14.2 Å². The SMILES string of the molecule is CCc1c(-c2ccc(OC)cc2)oc(-c2ccc(OC)cc2)c1-c1ccc(OCCN2CCCCC2)cc1. The summed E-state index contributed by atoms with van der Waals surface area (Å²) in [6, 6.07) is 24.5. The van der Waals surface area contributed by atoms with Crippen molar-refractivity contribution in [3.05, 3.63) is 78.4 Å². The second-order valence-corrected chi connectivity index (χ2v) is 9.70. The molecule has 198 valence electrons. The molecule has 3 aromatic carbocycles. The Hall–Kier alpha value is -3.70. The van der Waals surface area contributed by atoms with Crippen molar-refractivity contribution >= 4 is 0 Å². The van der Waals surface area contributed by atoms with Gasteiger partial charge in [0, 0.05) is 28.8 Å². The first-order valence-electron chi connectivity index (χ1n) is 13.6. The quantitative estimate of drug-likeness (QED) is 0.218. The molecule has 4 aromatic rings. The Balaban J connectivity index is 1.47. The number of nitrogens with zero attached hydrogens (tertiary/aromatic N) is 1. The second kappa shape index (κ2) is 12.2. The van der Waals surface area contributed by atoms with E-state index in [-0.39, 0.29) is 0 Å². The summed E-state index contributed by atoms with van der Waals surface area (Å²) in [6.07, 6.45) is 4.79. The van der Waals surface area contributed by atoms with Crippen molar-refractivity contribution in [1.82, 2.24) is 4.90 Å². The Morgan fingerprint density at radius 1 is 0.658 bits per heavy atom. The van der Waals surface area contributed by atoms with Crippen LogP contribution in [0.25, 0.3) is 33.8 Å². The lowest BCUT2D eigenvalue weighted by Gasteiger charge is -2.26. The fraction of sp³-hybridized carbons (Fsp3) is 0.333. The fourth-order valence-corrected chi connectivity index (χ4v) is 5.22. The summed E-state index contributed by atoms with van der Waals surface area (Å²) in [6.45, 7) is 6.25. The molecule has 1 aliphatic heterocycles. The van der Waals surface area contributed by atoms with Crippen LogP contribution in [0.5, 0.6) is 17.2 Å². The Morgan fingerprint density at radius 3 is 1.74 bits per heavy atom. The minimum atomic E-state index is 0.712. The number of rotatable bonds is 10. The monoisotopic (exact) mass is 511 g/mol. The molecule has 38 heavy (non-hydrogen) atoms. The van der Waals surface area contributed by atoms with Gasteiger partial charge in [0.25, 0.3) is 0 Å². The van der Waals surface area contributed by atoms with Crippen molar-refractivity contribution < 1.29 is 18.6 Å². The summed E-state index contributed by atoms with van der Waals surface area (Å²) in [5.41, 5.74) is 5.45. The van der Waals surface area contributed by atoms with Gasteiger partial charge in [0.15, 0.2) is 0 Å². The van der Waals surface area contributed by atoms with E-state index in [1.165, 1.54) is 37.9 Å². The Morgan fingerprint density at radius 2 is 1.18 bits per heavy atom. The average Bonchev–Trinajstić information content (AvgIpc) is 3.38. The standard InChI is InChI=1S/C33H37NO4/c1-4-30-31(24-8-18-29(19-9-24)37-23-22-34-20-6-5-7-21-34)33(26-12-16-28(36-3)17-13-26)38-32(30)25-10-14-27(35-2)15-11-25/h8-19H,4-7,20-23H2,1-3H3. The van der Waals surface area contributed by atoms with Gasteiger partial charge in [-0.1, -0.05) is 25.5 Å². The van der Waals surface area contributed by atoms with Crippen LogP contribution in [-0.2, 0) is 6.42 Å². The molecule has 5 rings (SSSR count). The molecule has 5 heteroatoms. The number of hydrogen-bond donors (Lipinski definition) is 0. The predicted octanol–water partition coefficient (Wildman–Crippen LogP) is 7.72. The molecule has 0 spiro atoms. The van der Waals surface area contributed by atoms with Crippen LogP contribution in [0, 0.1) is 0 Å². The lowest BCUT2D eigenvalue weighted by Crippen LogP contribution is -2.33. The van der Waals surface area contributed by atoms with Crippen molar-refractivity contribution in [2.24, 2.45) is 0 Å². The molecule has 1 saturated heterocycles. The Labute approximate surface area is 226 Å². The Bertz CT molecular complexity index is 1300. The number of methoxy groups -OCH3 is 2. The minimum Gasteiger partial charge on any atom is -0.497 e. The summed E-state index contributed by atoms with van der Waals surface area (Å²) in [5, 5.41) is 0. The van der Waals surface area contributed by atoms with Gasteiger partial charge in [-0.2, -0.15) is 0 Å². The van der Waals surface area contributed by atoms with Gasteiger partial charge >= 0.3 is 0 Å². The highest BCUT2D eigenvalue weighted by molar-refractivity contribution is 5.88. The maximum atomic E-state index is 6.65. The molecule has 0 amide bonds. The third-order valence-corrected chi connectivity index (χ3v) is 7.33. The number of benzene rings is 3. The number of hydrogen-bond acceptors (Lipinski definition) is 5. The maximum Gasteiger partial charge on any atom is 0.142 e. The number of likely N-dealkylation sites (tertiary alicyclic amines) is 1. The largest absolute Gasteiger partial charge is 0.497 e. The van der Waals surface area contributed by atoms with Gasteiger partial charge in [-0.25, -0.2) is 0 Å². The lowest BCUT2D eigenvalue weighted by molar-refractivity contribution is 0.183. The topological polar surface area (TPSA) is 44.1 Å². The predicted molar refractivity (Wildman–Crippen MR) is 153 cm³/mol. The van der Waals surface area contributed by atoms with E-state index in [1.807, 2.05) is 24.3 Å². The first kappa shape index (κ1) is 25.9. The first-order chi connectivity index (χ1) is 18.7. The molecular weight excluding hydrogens is 474 g/mol. The van der Waals surface area contributed by atoms with Gasteiger partial charge in [0.1, 0.15) is 35.4 Å². The number of ether oxygens (including phenoxy) is 3. The molecular formula is C33H37NO4. The van der Waals surface area contributed by atoms with Crippen LogP contribution in [0.2, 0.25) is 0 Å². The normalized spacial score (nSPS) is 13.9. The molecule has 0 unspecified atom stereocenters. The summed E-state index contributed by atoms with van der Waals surface area (Å²) in [7, 11) is 3.36. The van der Waals surface area contributed by atoms with Crippen LogP contribution in [0.1, 0.15) is 31.7 Å². The zero-order valence-electron chi connectivity index (χ0n) is 22.7. The minimum absolute atomic E-state index is 0.712. The summed E-state index contributed by atoms with van der Waals surface area (Å²) < 4.78 is 23.5. The molecule has 5 nitrogen and oxygen atoms in total. The van der Waals surface area contributed by atoms with Crippen LogP contribution in [0.15, 0.2) is 77.2 Å². The second-order valence-electron chi connectivity index (χ2n) is 9.70. The van der Waals surface area contributed by atoms with E-state index in [9.17, 15) is 0 Å². The summed E-state index contributed by atoms with van der Waals surface area (Å²) in [4.78, 5) is 2.50. The lowest BCUT2D eigenvalue weighted by atomic mass is 9.94. The molecule has 0 bridgehead atoms. The van der Waals surface area contributed by atoms with Crippen molar-refractivity contribution in [2.75, 3.05) is 40.5 Å². The van der Waals surface area contributed by atoms with Crippen molar-refractivity contribution in [3.63, 3.8) is 0 Å². The van der Waals surface area contributed by atoms with E-state index in [2.05, 4.69) is 60.4 Å². The Kier molecular flexibility index (Phi) is 8.34. The van der Waals surface area contributed by atoms with Gasteiger partial charge < -0.3 is 18.6 Å². The zero-order chi connectivity index (χ0) is 26.3. The zero-order valence-corrected chi connectivity index (χ0v) is 22.7. The molecule has 0 atom stereocenters. The number of piperidine rings is 1.